The highest BCUT2D eigenvalue weighted by atomic mass is 16.5. The zero-order valence-electron chi connectivity index (χ0n) is 12.7. The lowest BCUT2D eigenvalue weighted by Gasteiger charge is -2.10. The van der Waals surface area contributed by atoms with E-state index in [-0.39, 0.29) is 30.3 Å². The topological polar surface area (TPSA) is 72.5 Å². The van der Waals surface area contributed by atoms with E-state index in [0.717, 1.165) is 11.1 Å². The van der Waals surface area contributed by atoms with Crippen molar-refractivity contribution in [2.24, 2.45) is 0 Å². The fourth-order valence-electron chi connectivity index (χ4n) is 2.06. The molecule has 0 unspecified atom stereocenters. The van der Waals surface area contributed by atoms with Crippen molar-refractivity contribution in [3.8, 4) is 5.75 Å². The first-order chi connectivity index (χ1) is 9.92. The van der Waals surface area contributed by atoms with Gasteiger partial charge in [-0.3, -0.25) is 14.4 Å². The number of carbonyl (C=O) groups excluding carboxylic acids is 3. The van der Waals surface area contributed by atoms with Crippen LogP contribution < -0.4 is 10.1 Å². The van der Waals surface area contributed by atoms with Gasteiger partial charge in [0, 0.05) is 25.5 Å². The fourth-order valence-corrected chi connectivity index (χ4v) is 2.06. The predicted molar refractivity (Wildman–Crippen MR) is 79.4 cm³/mol. The van der Waals surface area contributed by atoms with Gasteiger partial charge in [-0.05, 0) is 25.0 Å². The molecule has 0 saturated heterocycles. The lowest BCUT2D eigenvalue weighted by atomic mass is 10.0. The Morgan fingerprint density at radius 3 is 2.48 bits per heavy atom. The lowest BCUT2D eigenvalue weighted by molar-refractivity contribution is -0.125. The molecule has 1 aromatic carbocycles. The van der Waals surface area contributed by atoms with Crippen molar-refractivity contribution >= 4 is 17.5 Å². The summed E-state index contributed by atoms with van der Waals surface area (Å²) in [5.41, 5.74) is 1.78. The molecule has 0 aromatic heterocycles. The molecule has 114 valence electrons. The number of amides is 1. The largest absolute Gasteiger partial charge is 0.496 e. The van der Waals surface area contributed by atoms with Crippen LogP contribution in [0.5, 0.6) is 5.75 Å². The maximum atomic E-state index is 11.8. The first-order valence-electron chi connectivity index (χ1n) is 6.83. The smallest absolute Gasteiger partial charge is 0.216 e. The molecule has 1 rings (SSSR count). The van der Waals surface area contributed by atoms with Gasteiger partial charge in [-0.25, -0.2) is 0 Å². The summed E-state index contributed by atoms with van der Waals surface area (Å²) in [5, 5.41) is 2.73. The van der Waals surface area contributed by atoms with Crippen LogP contribution in [-0.2, 0) is 27.2 Å². The molecule has 5 heteroatoms. The average molecular weight is 291 g/mol. The van der Waals surface area contributed by atoms with E-state index >= 15 is 0 Å². The van der Waals surface area contributed by atoms with Crippen LogP contribution >= 0.6 is 0 Å². The molecule has 0 aliphatic heterocycles. The van der Waals surface area contributed by atoms with Crippen LogP contribution in [0, 0.1) is 0 Å². The monoisotopic (exact) mass is 291 g/mol. The molecule has 1 N–H and O–H groups in total. The number of methoxy groups -OCH3 is 1. The number of hydrogen-bond donors (Lipinski definition) is 1. The first kappa shape index (κ1) is 16.9. The van der Waals surface area contributed by atoms with Crippen molar-refractivity contribution in [2.75, 3.05) is 13.7 Å². The zero-order valence-corrected chi connectivity index (χ0v) is 12.7. The second-order valence-corrected chi connectivity index (χ2v) is 4.97. The summed E-state index contributed by atoms with van der Waals surface area (Å²) in [6.07, 6.45) is 0.799. The van der Waals surface area contributed by atoms with Gasteiger partial charge in [0.05, 0.1) is 13.5 Å². The third-order valence-electron chi connectivity index (χ3n) is 2.97. The average Bonchev–Trinajstić information content (AvgIpc) is 2.37. The summed E-state index contributed by atoms with van der Waals surface area (Å²) in [7, 11) is 1.55. The molecule has 0 radical (unpaired) electrons. The van der Waals surface area contributed by atoms with Crippen LogP contribution in [-0.4, -0.2) is 31.1 Å². The number of ketones is 2. The van der Waals surface area contributed by atoms with Crippen LogP contribution in [0.4, 0.5) is 0 Å². The van der Waals surface area contributed by atoms with E-state index in [0.29, 0.717) is 18.7 Å². The molecule has 21 heavy (non-hydrogen) atoms. The number of benzene rings is 1. The minimum Gasteiger partial charge on any atom is -0.496 e. The number of Topliss-reactive ketones (excluding diaryl/α,β-unsaturated/α-hetero) is 2. The number of rotatable bonds is 8. The van der Waals surface area contributed by atoms with Gasteiger partial charge in [0.15, 0.2) is 0 Å². The summed E-state index contributed by atoms with van der Waals surface area (Å²) < 4.78 is 5.24. The minimum absolute atomic E-state index is 0.0563. The van der Waals surface area contributed by atoms with Crippen molar-refractivity contribution in [3.05, 3.63) is 29.3 Å². The Morgan fingerprint density at radius 2 is 1.90 bits per heavy atom. The van der Waals surface area contributed by atoms with Crippen molar-refractivity contribution < 1.29 is 19.1 Å². The van der Waals surface area contributed by atoms with Crippen LogP contribution in [0.15, 0.2) is 18.2 Å². The maximum Gasteiger partial charge on any atom is 0.216 e. The number of ether oxygens (including phenoxy) is 1. The molecule has 1 aromatic rings. The molecular weight excluding hydrogens is 270 g/mol. The Bertz CT molecular complexity index is 537. The zero-order chi connectivity index (χ0) is 15.8. The van der Waals surface area contributed by atoms with E-state index in [1.165, 1.54) is 13.8 Å². The minimum atomic E-state index is -0.138. The Kier molecular flexibility index (Phi) is 6.59. The highest BCUT2D eigenvalue weighted by Gasteiger charge is 2.11. The third-order valence-corrected chi connectivity index (χ3v) is 2.97. The standard InChI is InChI=1S/C16H21NO4/c1-11(18)8-15(20)10-14-9-13(4-5-16(14)21-3)6-7-17-12(2)19/h4-5,9H,6-8,10H2,1-3H3,(H,17,19). The normalized spacial score (nSPS) is 10.0. The summed E-state index contributed by atoms with van der Waals surface area (Å²) >= 11 is 0. The number of carbonyl (C=O) groups is 3. The SMILES string of the molecule is COc1ccc(CCNC(C)=O)cc1CC(=O)CC(C)=O. The van der Waals surface area contributed by atoms with E-state index in [1.807, 2.05) is 12.1 Å². The molecule has 0 spiro atoms. The van der Waals surface area contributed by atoms with E-state index in [9.17, 15) is 14.4 Å². The maximum absolute atomic E-state index is 11.8. The first-order valence-corrected chi connectivity index (χ1v) is 6.83. The van der Waals surface area contributed by atoms with E-state index in [2.05, 4.69) is 5.32 Å². The predicted octanol–water partition coefficient (Wildman–Crippen LogP) is 1.46. The van der Waals surface area contributed by atoms with Crippen LogP contribution in [0.2, 0.25) is 0 Å². The fraction of sp³-hybridized carbons (Fsp3) is 0.438. The van der Waals surface area contributed by atoms with Gasteiger partial charge in [-0.2, -0.15) is 0 Å². The molecule has 0 atom stereocenters. The van der Waals surface area contributed by atoms with Crippen LogP contribution in [0.3, 0.4) is 0 Å². The molecule has 5 nitrogen and oxygen atoms in total. The number of hydrogen-bond acceptors (Lipinski definition) is 4. The molecule has 0 aliphatic carbocycles. The summed E-state index contributed by atoms with van der Waals surface area (Å²) in [4.78, 5) is 33.6. The van der Waals surface area contributed by atoms with Gasteiger partial charge in [0.1, 0.15) is 17.3 Å². The molecule has 0 bridgehead atoms. The van der Waals surface area contributed by atoms with Crippen molar-refractivity contribution in [3.63, 3.8) is 0 Å². The molecular formula is C16H21NO4. The molecule has 0 aliphatic rings. The van der Waals surface area contributed by atoms with Crippen LogP contribution in [0.25, 0.3) is 0 Å². The van der Waals surface area contributed by atoms with Gasteiger partial charge in [0.25, 0.3) is 0 Å². The molecule has 0 heterocycles. The highest BCUT2D eigenvalue weighted by Crippen LogP contribution is 2.21. The quantitative estimate of drug-likeness (QED) is 0.736. The van der Waals surface area contributed by atoms with Crippen molar-refractivity contribution in [1.82, 2.24) is 5.32 Å². The van der Waals surface area contributed by atoms with E-state index in [4.69, 9.17) is 4.74 Å². The van der Waals surface area contributed by atoms with Crippen molar-refractivity contribution in [2.45, 2.75) is 33.1 Å². The summed E-state index contributed by atoms with van der Waals surface area (Å²) in [6.45, 7) is 3.42. The molecule has 0 saturated carbocycles. The summed E-state index contributed by atoms with van der Waals surface area (Å²) in [6, 6.07) is 5.60. The Hall–Kier alpha value is -2.17. The Morgan fingerprint density at radius 1 is 1.19 bits per heavy atom. The van der Waals surface area contributed by atoms with Crippen molar-refractivity contribution in [1.29, 1.82) is 0 Å². The second kappa shape index (κ2) is 8.19. The van der Waals surface area contributed by atoms with Gasteiger partial charge in [0.2, 0.25) is 5.91 Å². The van der Waals surface area contributed by atoms with Crippen LogP contribution in [0.1, 0.15) is 31.4 Å². The lowest BCUT2D eigenvalue weighted by Crippen LogP contribution is -2.22. The molecule has 0 fully saturated rings. The van der Waals surface area contributed by atoms with E-state index in [1.54, 1.807) is 13.2 Å². The Labute approximate surface area is 124 Å². The van der Waals surface area contributed by atoms with Gasteiger partial charge in [-0.1, -0.05) is 12.1 Å². The van der Waals surface area contributed by atoms with E-state index < -0.39 is 0 Å². The molecule has 1 amide bonds. The second-order valence-electron chi connectivity index (χ2n) is 4.97. The Balaban J connectivity index is 2.77. The number of nitrogens with one attached hydrogen (secondary N) is 1. The summed E-state index contributed by atoms with van der Waals surface area (Å²) in [5.74, 6) is 0.302. The third kappa shape index (κ3) is 6.21. The highest BCUT2D eigenvalue weighted by molar-refractivity contribution is 5.99. The van der Waals surface area contributed by atoms with Gasteiger partial charge < -0.3 is 10.1 Å². The van der Waals surface area contributed by atoms with Gasteiger partial charge >= 0.3 is 0 Å². The van der Waals surface area contributed by atoms with Gasteiger partial charge in [-0.15, -0.1) is 0 Å².